The van der Waals surface area contributed by atoms with Gasteiger partial charge < -0.3 is 10.1 Å². The van der Waals surface area contributed by atoms with Crippen LogP contribution in [0.5, 0.6) is 0 Å². The summed E-state index contributed by atoms with van der Waals surface area (Å²) in [6.45, 7) is 3.68. The molecule has 1 amide bonds. The molecule has 0 aliphatic rings. The predicted molar refractivity (Wildman–Crippen MR) is 77.9 cm³/mol. The van der Waals surface area contributed by atoms with Gasteiger partial charge in [0.25, 0.3) is 0 Å². The Bertz CT molecular complexity index is 505. The molecule has 1 N–H and O–H groups in total. The molecular formula is C13H17N3O4S. The first-order valence-electron chi connectivity index (χ1n) is 6.48. The van der Waals surface area contributed by atoms with E-state index < -0.39 is 5.97 Å². The van der Waals surface area contributed by atoms with E-state index in [0.29, 0.717) is 17.3 Å². The van der Waals surface area contributed by atoms with Gasteiger partial charge in [-0.25, -0.2) is 0 Å². The molecule has 7 nitrogen and oxygen atoms in total. The number of nitrogens with zero attached hydrogens (tertiary/aromatic N) is 2. The second kappa shape index (κ2) is 9.06. The molecule has 1 rings (SSSR count). The Morgan fingerprint density at radius 2 is 2.00 bits per heavy atom. The summed E-state index contributed by atoms with van der Waals surface area (Å²) in [5, 5.41) is 10.8. The van der Waals surface area contributed by atoms with E-state index in [1.54, 1.807) is 26.0 Å². The van der Waals surface area contributed by atoms with Gasteiger partial charge in [-0.05, 0) is 19.1 Å². The summed E-state index contributed by atoms with van der Waals surface area (Å²) in [6.07, 6.45) is 0.124. The SMILES string of the molecule is CCOC(=O)CC(=O)CSc1ccc(NC(=O)CC)nn1. The third-order valence-corrected chi connectivity index (χ3v) is 3.24. The number of nitrogens with one attached hydrogen (secondary N) is 1. The molecule has 1 aromatic heterocycles. The van der Waals surface area contributed by atoms with Crippen molar-refractivity contribution in [3.8, 4) is 0 Å². The van der Waals surface area contributed by atoms with Gasteiger partial charge >= 0.3 is 5.97 Å². The van der Waals surface area contributed by atoms with E-state index in [1.165, 1.54) is 11.8 Å². The Kier molecular flexibility index (Phi) is 7.38. The third-order valence-electron chi connectivity index (χ3n) is 2.26. The number of hydrogen-bond acceptors (Lipinski definition) is 7. The number of ether oxygens (including phenoxy) is 1. The maximum atomic E-state index is 11.5. The average Bonchev–Trinajstić information content (AvgIpc) is 2.46. The molecule has 0 saturated heterocycles. The molecular weight excluding hydrogens is 294 g/mol. The van der Waals surface area contributed by atoms with Gasteiger partial charge in [0.2, 0.25) is 5.91 Å². The summed E-state index contributed by atoms with van der Waals surface area (Å²) in [5.74, 6) is -0.414. The van der Waals surface area contributed by atoms with E-state index >= 15 is 0 Å². The van der Waals surface area contributed by atoms with Crippen LogP contribution in [0.1, 0.15) is 26.7 Å². The molecule has 0 saturated carbocycles. The Balaban J connectivity index is 2.40. The first-order chi connectivity index (χ1) is 10.0. The molecule has 0 bridgehead atoms. The molecule has 0 radical (unpaired) electrons. The fraction of sp³-hybridized carbons (Fsp3) is 0.462. The Hall–Kier alpha value is -1.96. The van der Waals surface area contributed by atoms with Crippen molar-refractivity contribution in [3.05, 3.63) is 12.1 Å². The lowest BCUT2D eigenvalue weighted by Gasteiger charge is -2.03. The van der Waals surface area contributed by atoms with Crippen LogP contribution in [0.25, 0.3) is 0 Å². The highest BCUT2D eigenvalue weighted by atomic mass is 32.2. The molecule has 0 spiro atoms. The average molecular weight is 311 g/mol. The molecule has 114 valence electrons. The molecule has 1 heterocycles. The van der Waals surface area contributed by atoms with E-state index in [0.717, 1.165) is 0 Å². The number of amides is 1. The van der Waals surface area contributed by atoms with Gasteiger partial charge in [0.05, 0.1) is 12.4 Å². The summed E-state index contributed by atoms with van der Waals surface area (Å²) < 4.78 is 4.69. The molecule has 0 aliphatic heterocycles. The normalized spacial score (nSPS) is 10.0. The smallest absolute Gasteiger partial charge is 0.313 e. The molecule has 0 aliphatic carbocycles. The largest absolute Gasteiger partial charge is 0.466 e. The minimum atomic E-state index is -0.521. The number of hydrogen-bond donors (Lipinski definition) is 1. The van der Waals surface area contributed by atoms with Crippen LogP contribution >= 0.6 is 11.8 Å². The van der Waals surface area contributed by atoms with Crippen molar-refractivity contribution in [2.24, 2.45) is 0 Å². The number of thioether (sulfide) groups is 1. The number of rotatable bonds is 8. The van der Waals surface area contributed by atoms with Gasteiger partial charge in [0, 0.05) is 6.42 Å². The number of carbonyl (C=O) groups excluding carboxylic acids is 3. The zero-order valence-corrected chi connectivity index (χ0v) is 12.7. The fourth-order valence-electron chi connectivity index (χ4n) is 1.27. The minimum Gasteiger partial charge on any atom is -0.466 e. The molecule has 1 aromatic rings. The number of carbonyl (C=O) groups is 3. The van der Waals surface area contributed by atoms with E-state index in [2.05, 4.69) is 15.5 Å². The first-order valence-corrected chi connectivity index (χ1v) is 7.47. The molecule has 21 heavy (non-hydrogen) atoms. The van der Waals surface area contributed by atoms with E-state index in [1.807, 2.05) is 0 Å². The number of aromatic nitrogens is 2. The van der Waals surface area contributed by atoms with Gasteiger partial charge in [-0.3, -0.25) is 14.4 Å². The van der Waals surface area contributed by atoms with Crippen molar-refractivity contribution in [1.29, 1.82) is 0 Å². The van der Waals surface area contributed by atoms with Crippen molar-refractivity contribution >= 4 is 35.2 Å². The highest BCUT2D eigenvalue weighted by Crippen LogP contribution is 2.16. The zero-order chi connectivity index (χ0) is 15.7. The molecule has 0 atom stereocenters. The molecule has 0 aromatic carbocycles. The highest BCUT2D eigenvalue weighted by Gasteiger charge is 2.11. The van der Waals surface area contributed by atoms with Crippen LogP contribution in [-0.4, -0.2) is 40.2 Å². The van der Waals surface area contributed by atoms with Gasteiger partial charge in [0.1, 0.15) is 11.4 Å². The maximum Gasteiger partial charge on any atom is 0.313 e. The van der Waals surface area contributed by atoms with Crippen LogP contribution in [0.4, 0.5) is 5.82 Å². The van der Waals surface area contributed by atoms with Crippen LogP contribution in [0.15, 0.2) is 17.2 Å². The van der Waals surface area contributed by atoms with Crippen molar-refractivity contribution in [2.75, 3.05) is 17.7 Å². The summed E-state index contributed by atoms with van der Waals surface area (Å²) in [4.78, 5) is 33.8. The number of esters is 1. The van der Waals surface area contributed by atoms with Crippen LogP contribution < -0.4 is 5.32 Å². The van der Waals surface area contributed by atoms with Crippen molar-refractivity contribution in [3.63, 3.8) is 0 Å². The zero-order valence-electron chi connectivity index (χ0n) is 11.9. The predicted octanol–water partition coefficient (Wildman–Crippen LogP) is 1.44. The highest BCUT2D eigenvalue weighted by molar-refractivity contribution is 7.99. The van der Waals surface area contributed by atoms with Crippen molar-refractivity contribution in [1.82, 2.24) is 10.2 Å². The summed E-state index contributed by atoms with van der Waals surface area (Å²) in [5.41, 5.74) is 0. The molecule has 0 fully saturated rings. The quantitative estimate of drug-likeness (QED) is 0.440. The Morgan fingerprint density at radius 3 is 2.57 bits per heavy atom. The third kappa shape index (κ3) is 6.84. The van der Waals surface area contributed by atoms with E-state index in [4.69, 9.17) is 4.74 Å². The topological polar surface area (TPSA) is 98.2 Å². The minimum absolute atomic E-state index is 0.119. The standard InChI is InChI=1S/C13H17N3O4S/c1-3-11(18)14-10-5-6-12(16-15-10)21-8-9(17)7-13(19)20-4-2/h5-6H,3-4,7-8H2,1-2H3,(H,14,15,18). The lowest BCUT2D eigenvalue weighted by molar-refractivity contribution is -0.145. The summed E-state index contributed by atoms with van der Waals surface area (Å²) >= 11 is 1.18. The summed E-state index contributed by atoms with van der Waals surface area (Å²) in [6, 6.07) is 3.26. The second-order valence-electron chi connectivity index (χ2n) is 3.97. The van der Waals surface area contributed by atoms with Gasteiger partial charge in [-0.2, -0.15) is 0 Å². The fourth-order valence-corrected chi connectivity index (χ4v) is 1.95. The van der Waals surface area contributed by atoms with Gasteiger partial charge in [-0.1, -0.05) is 18.7 Å². The number of Topliss-reactive ketones (excluding diaryl/α,β-unsaturated/α-hetero) is 1. The monoisotopic (exact) mass is 311 g/mol. The lowest BCUT2D eigenvalue weighted by atomic mass is 10.3. The van der Waals surface area contributed by atoms with Crippen molar-refractivity contribution < 1.29 is 19.1 Å². The molecule has 0 unspecified atom stereocenters. The van der Waals surface area contributed by atoms with Crippen LogP contribution in [0, 0.1) is 0 Å². The van der Waals surface area contributed by atoms with Crippen molar-refractivity contribution in [2.45, 2.75) is 31.7 Å². The van der Waals surface area contributed by atoms with Gasteiger partial charge in [-0.15, -0.1) is 10.2 Å². The van der Waals surface area contributed by atoms with E-state index in [9.17, 15) is 14.4 Å². The van der Waals surface area contributed by atoms with Crippen LogP contribution in [0.2, 0.25) is 0 Å². The van der Waals surface area contributed by atoms with Crippen LogP contribution in [0.3, 0.4) is 0 Å². The second-order valence-corrected chi connectivity index (χ2v) is 4.96. The lowest BCUT2D eigenvalue weighted by Crippen LogP contribution is -2.13. The Labute approximate surface area is 126 Å². The summed E-state index contributed by atoms with van der Waals surface area (Å²) in [7, 11) is 0. The first kappa shape index (κ1) is 17.1. The van der Waals surface area contributed by atoms with Crippen LogP contribution in [-0.2, 0) is 19.1 Å². The van der Waals surface area contributed by atoms with E-state index in [-0.39, 0.29) is 30.5 Å². The van der Waals surface area contributed by atoms with Gasteiger partial charge in [0.15, 0.2) is 11.6 Å². The molecule has 8 heteroatoms. The number of ketones is 1. The maximum absolute atomic E-state index is 11.5. The number of anilines is 1. The Morgan fingerprint density at radius 1 is 1.24 bits per heavy atom.